The first-order valence-corrected chi connectivity index (χ1v) is 7.84. The minimum absolute atomic E-state index is 0.142. The van der Waals surface area contributed by atoms with E-state index in [0.29, 0.717) is 29.9 Å². The van der Waals surface area contributed by atoms with Crippen LogP contribution in [0.3, 0.4) is 0 Å². The maximum absolute atomic E-state index is 14.2. The van der Waals surface area contributed by atoms with E-state index in [2.05, 4.69) is 5.32 Å². The number of benzene rings is 2. The second-order valence-corrected chi connectivity index (χ2v) is 6.19. The van der Waals surface area contributed by atoms with Gasteiger partial charge in [0, 0.05) is 24.0 Å². The highest BCUT2D eigenvalue weighted by molar-refractivity contribution is 6.06. The van der Waals surface area contributed by atoms with Crippen molar-refractivity contribution in [2.75, 3.05) is 6.54 Å². The monoisotopic (exact) mass is 326 g/mol. The number of fused-ring (bicyclic) bond motifs is 3. The van der Waals surface area contributed by atoms with Crippen LogP contribution < -0.4 is 5.32 Å². The van der Waals surface area contributed by atoms with Gasteiger partial charge in [-0.3, -0.25) is 4.79 Å². The zero-order chi connectivity index (χ0) is 17.0. The molecule has 2 heterocycles. The summed E-state index contributed by atoms with van der Waals surface area (Å²) in [6, 6.07) is 7.66. The van der Waals surface area contributed by atoms with E-state index in [0.717, 1.165) is 22.0 Å². The van der Waals surface area contributed by atoms with Crippen molar-refractivity contribution in [1.29, 1.82) is 0 Å². The first kappa shape index (κ1) is 14.9. The fourth-order valence-corrected chi connectivity index (χ4v) is 3.53. The molecule has 0 radical (unpaired) electrons. The average Bonchev–Trinajstić information content (AvgIpc) is 2.83. The van der Waals surface area contributed by atoms with Gasteiger partial charge in [0.15, 0.2) is 0 Å². The molecule has 122 valence electrons. The molecular weight excluding hydrogens is 310 g/mol. The molecule has 1 aliphatic heterocycles. The minimum Gasteiger partial charge on any atom is -0.349 e. The molecular formula is C19H16F2N2O. The molecule has 24 heavy (non-hydrogen) atoms. The van der Waals surface area contributed by atoms with Crippen LogP contribution in [0.5, 0.6) is 0 Å². The van der Waals surface area contributed by atoms with Gasteiger partial charge in [-0.15, -0.1) is 0 Å². The number of carbonyl (C=O) groups excluding carboxylic acids is 1. The summed E-state index contributed by atoms with van der Waals surface area (Å²) in [7, 11) is 0. The largest absolute Gasteiger partial charge is 0.349 e. The van der Waals surface area contributed by atoms with E-state index in [9.17, 15) is 13.6 Å². The third-order valence-corrected chi connectivity index (χ3v) is 4.68. The Morgan fingerprint density at radius 2 is 1.92 bits per heavy atom. The number of amides is 1. The molecule has 0 saturated carbocycles. The summed E-state index contributed by atoms with van der Waals surface area (Å²) in [6.45, 7) is 4.68. The van der Waals surface area contributed by atoms with Crippen LogP contribution in [-0.2, 0) is 6.54 Å². The summed E-state index contributed by atoms with van der Waals surface area (Å²) in [5.41, 5.74) is 4.08. The first-order valence-electron chi connectivity index (χ1n) is 7.84. The highest BCUT2D eigenvalue weighted by atomic mass is 19.1. The SMILES string of the molecule is Cc1cc(-c2cc(F)cc3c(C)c4n(c23)CCNC4=O)ccc1F. The molecule has 4 rings (SSSR count). The van der Waals surface area contributed by atoms with Crippen molar-refractivity contribution in [1.82, 2.24) is 9.88 Å². The van der Waals surface area contributed by atoms with Gasteiger partial charge >= 0.3 is 0 Å². The fourth-order valence-electron chi connectivity index (χ4n) is 3.53. The van der Waals surface area contributed by atoms with Gasteiger partial charge in [-0.05, 0) is 54.8 Å². The molecule has 3 aromatic rings. The van der Waals surface area contributed by atoms with E-state index < -0.39 is 0 Å². The Kier molecular flexibility index (Phi) is 3.20. The molecule has 0 spiro atoms. The molecule has 0 unspecified atom stereocenters. The Morgan fingerprint density at radius 3 is 2.67 bits per heavy atom. The lowest BCUT2D eigenvalue weighted by atomic mass is 9.99. The molecule has 1 N–H and O–H groups in total. The Hall–Kier alpha value is -2.69. The quantitative estimate of drug-likeness (QED) is 0.722. The van der Waals surface area contributed by atoms with Gasteiger partial charge in [-0.1, -0.05) is 6.07 Å². The Labute approximate surface area is 137 Å². The van der Waals surface area contributed by atoms with Crippen LogP contribution in [0.4, 0.5) is 8.78 Å². The number of hydrogen-bond donors (Lipinski definition) is 1. The zero-order valence-electron chi connectivity index (χ0n) is 13.4. The number of rotatable bonds is 1. The molecule has 0 saturated heterocycles. The minimum atomic E-state index is -0.370. The highest BCUT2D eigenvalue weighted by Crippen LogP contribution is 2.36. The maximum Gasteiger partial charge on any atom is 0.268 e. The lowest BCUT2D eigenvalue weighted by Crippen LogP contribution is -2.35. The van der Waals surface area contributed by atoms with Gasteiger partial charge in [0.2, 0.25) is 0 Å². The number of aryl methyl sites for hydroxylation is 2. The van der Waals surface area contributed by atoms with Crippen LogP contribution in [0.25, 0.3) is 22.0 Å². The van der Waals surface area contributed by atoms with Crippen LogP contribution in [0, 0.1) is 25.5 Å². The number of nitrogens with zero attached hydrogens (tertiary/aromatic N) is 1. The summed E-state index contributed by atoms with van der Waals surface area (Å²) in [5, 5.41) is 3.55. The molecule has 0 atom stereocenters. The van der Waals surface area contributed by atoms with Gasteiger partial charge in [-0.25, -0.2) is 8.78 Å². The molecule has 0 aliphatic carbocycles. The summed E-state index contributed by atoms with van der Waals surface area (Å²) >= 11 is 0. The lowest BCUT2D eigenvalue weighted by Gasteiger charge is -2.18. The van der Waals surface area contributed by atoms with E-state index in [4.69, 9.17) is 0 Å². The molecule has 5 heteroatoms. The number of aromatic nitrogens is 1. The average molecular weight is 326 g/mol. The molecule has 2 aromatic carbocycles. The van der Waals surface area contributed by atoms with Crippen LogP contribution >= 0.6 is 0 Å². The van der Waals surface area contributed by atoms with Crippen molar-refractivity contribution in [2.45, 2.75) is 20.4 Å². The van der Waals surface area contributed by atoms with Crippen LogP contribution in [-0.4, -0.2) is 17.0 Å². The van der Waals surface area contributed by atoms with Crippen LogP contribution in [0.1, 0.15) is 21.6 Å². The lowest BCUT2D eigenvalue weighted by molar-refractivity contribution is 0.0928. The molecule has 1 aromatic heterocycles. The van der Waals surface area contributed by atoms with Crippen molar-refractivity contribution in [3.8, 4) is 11.1 Å². The van der Waals surface area contributed by atoms with Gasteiger partial charge in [0.05, 0.1) is 5.52 Å². The van der Waals surface area contributed by atoms with Gasteiger partial charge in [-0.2, -0.15) is 0 Å². The number of halogens is 2. The molecule has 1 amide bonds. The van der Waals surface area contributed by atoms with E-state index in [1.54, 1.807) is 19.1 Å². The Morgan fingerprint density at radius 1 is 1.12 bits per heavy atom. The van der Waals surface area contributed by atoms with Crippen LogP contribution in [0.2, 0.25) is 0 Å². The fraction of sp³-hybridized carbons (Fsp3) is 0.211. The highest BCUT2D eigenvalue weighted by Gasteiger charge is 2.25. The number of hydrogen-bond acceptors (Lipinski definition) is 1. The standard InChI is InChI=1S/C19H16F2N2O/c1-10-7-12(3-4-16(10)21)15-9-13(20)8-14-11(2)17-19(24)22-5-6-23(17)18(14)15/h3-4,7-9H,5-6H2,1-2H3,(H,22,24). The number of nitrogens with one attached hydrogen (secondary N) is 1. The summed E-state index contributed by atoms with van der Waals surface area (Å²) in [4.78, 5) is 12.2. The first-order chi connectivity index (χ1) is 11.5. The Balaban J connectivity index is 2.10. The van der Waals surface area contributed by atoms with E-state index in [-0.39, 0.29) is 17.5 Å². The van der Waals surface area contributed by atoms with E-state index >= 15 is 0 Å². The summed E-state index contributed by atoms with van der Waals surface area (Å²) < 4.78 is 29.8. The number of carbonyl (C=O) groups is 1. The van der Waals surface area contributed by atoms with Crippen molar-refractivity contribution in [3.05, 3.63) is 58.8 Å². The molecule has 3 nitrogen and oxygen atoms in total. The predicted molar refractivity (Wildman–Crippen MR) is 89.1 cm³/mol. The van der Waals surface area contributed by atoms with Gasteiger partial charge < -0.3 is 9.88 Å². The van der Waals surface area contributed by atoms with E-state index in [1.807, 2.05) is 11.5 Å². The molecule has 1 aliphatic rings. The Bertz CT molecular complexity index is 1000. The third kappa shape index (κ3) is 2.04. The molecule has 0 fully saturated rings. The smallest absolute Gasteiger partial charge is 0.268 e. The zero-order valence-corrected chi connectivity index (χ0v) is 13.4. The maximum atomic E-state index is 14.2. The van der Waals surface area contributed by atoms with Gasteiger partial charge in [0.25, 0.3) is 5.91 Å². The summed E-state index contributed by atoms with van der Waals surface area (Å²) in [6.07, 6.45) is 0. The van der Waals surface area contributed by atoms with Crippen LogP contribution in [0.15, 0.2) is 30.3 Å². The van der Waals surface area contributed by atoms with Gasteiger partial charge in [0.1, 0.15) is 17.3 Å². The molecule has 0 bridgehead atoms. The third-order valence-electron chi connectivity index (χ3n) is 4.68. The second kappa shape index (κ2) is 5.16. The van der Waals surface area contributed by atoms with Crippen molar-refractivity contribution < 1.29 is 13.6 Å². The van der Waals surface area contributed by atoms with Crippen molar-refractivity contribution in [2.24, 2.45) is 0 Å². The summed E-state index contributed by atoms with van der Waals surface area (Å²) in [5.74, 6) is -0.804. The van der Waals surface area contributed by atoms with E-state index in [1.165, 1.54) is 18.2 Å². The predicted octanol–water partition coefficient (Wildman–Crippen LogP) is 3.95. The van der Waals surface area contributed by atoms with Crippen molar-refractivity contribution in [3.63, 3.8) is 0 Å². The van der Waals surface area contributed by atoms with Crippen molar-refractivity contribution >= 4 is 16.8 Å². The topological polar surface area (TPSA) is 34.0 Å². The normalized spacial score (nSPS) is 13.9. The second-order valence-electron chi connectivity index (χ2n) is 6.19.